The first kappa shape index (κ1) is 20.9. The van der Waals surface area contributed by atoms with E-state index >= 15 is 0 Å². The molecule has 1 unspecified atom stereocenters. The van der Waals surface area contributed by atoms with Gasteiger partial charge in [-0.2, -0.15) is 0 Å². The average Bonchev–Trinajstić information content (AvgIpc) is 3.28. The van der Waals surface area contributed by atoms with Gasteiger partial charge in [-0.1, -0.05) is 29.2 Å². The number of rotatable bonds is 9. The fourth-order valence-electron chi connectivity index (χ4n) is 2.41. The van der Waals surface area contributed by atoms with E-state index in [9.17, 15) is 9.18 Å². The van der Waals surface area contributed by atoms with E-state index in [0.717, 1.165) is 5.01 Å². The zero-order chi connectivity index (χ0) is 20.8. The SMILES string of the molecule is C=CCn1c(SCC(=O)Nc2nnc(C)s2)nnc1C(C)Oc1ccc(F)cc1. The summed E-state index contributed by atoms with van der Waals surface area (Å²) in [7, 11) is 0. The van der Waals surface area contributed by atoms with Crippen molar-refractivity contribution in [1.29, 1.82) is 0 Å². The van der Waals surface area contributed by atoms with Gasteiger partial charge in [-0.25, -0.2) is 4.39 Å². The Balaban J connectivity index is 1.66. The largest absolute Gasteiger partial charge is 0.483 e. The molecule has 1 aromatic carbocycles. The van der Waals surface area contributed by atoms with Crippen molar-refractivity contribution in [3.8, 4) is 5.75 Å². The minimum atomic E-state index is -0.430. The van der Waals surface area contributed by atoms with Gasteiger partial charge in [-0.3, -0.25) is 14.7 Å². The molecule has 0 aliphatic carbocycles. The quantitative estimate of drug-likeness (QED) is 0.406. The van der Waals surface area contributed by atoms with E-state index in [-0.39, 0.29) is 17.5 Å². The Labute approximate surface area is 175 Å². The summed E-state index contributed by atoms with van der Waals surface area (Å²) in [6, 6.07) is 5.76. The first-order valence-electron chi connectivity index (χ1n) is 8.65. The minimum absolute atomic E-state index is 0.140. The van der Waals surface area contributed by atoms with Crippen LogP contribution in [0, 0.1) is 12.7 Å². The van der Waals surface area contributed by atoms with E-state index < -0.39 is 6.10 Å². The predicted molar refractivity (Wildman–Crippen MR) is 110 cm³/mol. The zero-order valence-electron chi connectivity index (χ0n) is 15.8. The van der Waals surface area contributed by atoms with Gasteiger partial charge in [0, 0.05) is 6.54 Å². The lowest BCUT2D eigenvalue weighted by atomic mass is 10.3. The second-order valence-electron chi connectivity index (χ2n) is 5.92. The summed E-state index contributed by atoms with van der Waals surface area (Å²) in [6.45, 7) is 7.86. The van der Waals surface area contributed by atoms with Crippen LogP contribution in [0.3, 0.4) is 0 Å². The van der Waals surface area contributed by atoms with Crippen LogP contribution in [0.4, 0.5) is 9.52 Å². The van der Waals surface area contributed by atoms with Gasteiger partial charge in [0.05, 0.1) is 5.75 Å². The number of hydrogen-bond acceptors (Lipinski definition) is 8. The van der Waals surface area contributed by atoms with Crippen molar-refractivity contribution in [2.24, 2.45) is 0 Å². The molecule has 0 aliphatic rings. The molecule has 11 heteroatoms. The first-order chi connectivity index (χ1) is 14.0. The number of anilines is 1. The normalized spacial score (nSPS) is 11.8. The Bertz CT molecular complexity index is 989. The topological polar surface area (TPSA) is 94.8 Å². The maximum Gasteiger partial charge on any atom is 0.236 e. The van der Waals surface area contributed by atoms with Crippen molar-refractivity contribution in [2.75, 3.05) is 11.1 Å². The average molecular weight is 435 g/mol. The summed E-state index contributed by atoms with van der Waals surface area (Å²) >= 11 is 2.56. The molecule has 0 spiro atoms. The number of thioether (sulfide) groups is 1. The summed E-state index contributed by atoms with van der Waals surface area (Å²) in [5.41, 5.74) is 0. The summed E-state index contributed by atoms with van der Waals surface area (Å²) in [5.74, 6) is 0.697. The molecule has 8 nitrogen and oxygen atoms in total. The molecule has 1 N–H and O–H groups in total. The van der Waals surface area contributed by atoms with Crippen LogP contribution in [0.15, 0.2) is 42.1 Å². The molecule has 0 bridgehead atoms. The molecular formula is C18H19FN6O2S2. The van der Waals surface area contributed by atoms with E-state index in [4.69, 9.17) is 4.74 Å². The Kier molecular flexibility index (Phi) is 6.94. The Morgan fingerprint density at radius 2 is 2.10 bits per heavy atom. The Morgan fingerprint density at radius 1 is 1.34 bits per heavy atom. The van der Waals surface area contributed by atoms with Gasteiger partial charge in [-0.15, -0.1) is 27.0 Å². The number of aromatic nitrogens is 5. The highest BCUT2D eigenvalue weighted by Gasteiger charge is 2.20. The molecule has 0 saturated carbocycles. The first-order valence-corrected chi connectivity index (χ1v) is 10.5. The summed E-state index contributed by atoms with van der Waals surface area (Å²) in [4.78, 5) is 12.1. The molecule has 152 valence electrons. The van der Waals surface area contributed by atoms with Crippen LogP contribution in [0.1, 0.15) is 23.9 Å². The molecule has 2 aromatic heterocycles. The van der Waals surface area contributed by atoms with E-state index in [0.29, 0.717) is 28.4 Å². The molecular weight excluding hydrogens is 415 g/mol. The third-order valence-electron chi connectivity index (χ3n) is 3.65. The van der Waals surface area contributed by atoms with Gasteiger partial charge in [0.2, 0.25) is 11.0 Å². The number of aryl methyl sites for hydroxylation is 1. The smallest absolute Gasteiger partial charge is 0.236 e. The van der Waals surface area contributed by atoms with E-state index in [1.807, 2.05) is 18.4 Å². The molecule has 2 heterocycles. The standard InChI is InChI=1S/C18H19FN6O2S2/c1-4-9-25-16(11(2)27-14-7-5-13(19)6-8-14)22-24-18(25)28-10-15(26)20-17-23-21-12(3)29-17/h4-8,11H,1,9-10H2,2-3H3,(H,20,23,26). The molecule has 0 fully saturated rings. The summed E-state index contributed by atoms with van der Waals surface area (Å²) in [6.07, 6.45) is 1.28. The lowest BCUT2D eigenvalue weighted by Gasteiger charge is -2.15. The van der Waals surface area contributed by atoms with Crippen LogP contribution in [0.25, 0.3) is 0 Å². The molecule has 1 amide bonds. The third-order valence-corrected chi connectivity index (χ3v) is 5.37. The third kappa shape index (κ3) is 5.61. The van der Waals surface area contributed by atoms with E-state index in [1.165, 1.54) is 35.2 Å². The van der Waals surface area contributed by atoms with Crippen LogP contribution in [-0.4, -0.2) is 36.6 Å². The summed E-state index contributed by atoms with van der Waals surface area (Å²) < 4.78 is 20.7. The second-order valence-corrected chi connectivity index (χ2v) is 8.04. The molecule has 0 aliphatic heterocycles. The highest BCUT2D eigenvalue weighted by molar-refractivity contribution is 7.99. The van der Waals surface area contributed by atoms with Crippen molar-refractivity contribution in [1.82, 2.24) is 25.0 Å². The lowest BCUT2D eigenvalue weighted by Crippen LogP contribution is -2.15. The Morgan fingerprint density at radius 3 is 2.76 bits per heavy atom. The second kappa shape index (κ2) is 9.61. The van der Waals surface area contributed by atoms with Crippen LogP contribution in [0.5, 0.6) is 5.75 Å². The highest BCUT2D eigenvalue weighted by Crippen LogP contribution is 2.25. The van der Waals surface area contributed by atoms with Crippen LogP contribution in [-0.2, 0) is 11.3 Å². The number of nitrogens with one attached hydrogen (secondary N) is 1. The highest BCUT2D eigenvalue weighted by atomic mass is 32.2. The maximum absolute atomic E-state index is 13.1. The van der Waals surface area contributed by atoms with Gasteiger partial charge in [0.1, 0.15) is 16.6 Å². The number of allylic oxidation sites excluding steroid dienone is 1. The monoisotopic (exact) mass is 434 g/mol. The number of hydrogen-bond donors (Lipinski definition) is 1. The van der Waals surface area contributed by atoms with Crippen molar-refractivity contribution >= 4 is 34.1 Å². The van der Waals surface area contributed by atoms with Gasteiger partial charge in [0.15, 0.2) is 17.1 Å². The maximum atomic E-state index is 13.1. The lowest BCUT2D eigenvalue weighted by molar-refractivity contribution is -0.113. The molecule has 3 aromatic rings. The van der Waals surface area contributed by atoms with Crippen LogP contribution in [0.2, 0.25) is 0 Å². The number of amides is 1. The van der Waals surface area contributed by atoms with Gasteiger partial charge < -0.3 is 4.74 Å². The number of carbonyl (C=O) groups excluding carboxylic acids is 1. The van der Waals surface area contributed by atoms with Crippen LogP contribution < -0.4 is 10.1 Å². The Hall–Kier alpha value is -2.79. The molecule has 0 radical (unpaired) electrons. The molecule has 1 atom stereocenters. The van der Waals surface area contributed by atoms with E-state index in [2.05, 4.69) is 32.3 Å². The van der Waals surface area contributed by atoms with Gasteiger partial charge in [-0.05, 0) is 38.1 Å². The predicted octanol–water partition coefficient (Wildman–Crippen LogP) is 3.63. The molecule has 3 rings (SSSR count). The van der Waals surface area contributed by atoms with E-state index in [1.54, 1.807) is 18.2 Å². The molecule has 29 heavy (non-hydrogen) atoms. The number of carbonyl (C=O) groups is 1. The van der Waals surface area contributed by atoms with Gasteiger partial charge >= 0.3 is 0 Å². The van der Waals surface area contributed by atoms with Crippen molar-refractivity contribution in [3.05, 3.63) is 53.6 Å². The number of halogens is 1. The number of nitrogens with zero attached hydrogens (tertiary/aromatic N) is 5. The summed E-state index contributed by atoms with van der Waals surface area (Å²) in [5, 5.41) is 20.6. The molecule has 0 saturated heterocycles. The van der Waals surface area contributed by atoms with Crippen molar-refractivity contribution in [2.45, 2.75) is 31.7 Å². The number of benzene rings is 1. The van der Waals surface area contributed by atoms with Crippen molar-refractivity contribution < 1.29 is 13.9 Å². The van der Waals surface area contributed by atoms with Gasteiger partial charge in [0.25, 0.3) is 0 Å². The fourth-order valence-corrected chi connectivity index (χ4v) is 3.77. The fraction of sp³-hybridized carbons (Fsp3) is 0.278. The van der Waals surface area contributed by atoms with Crippen molar-refractivity contribution in [3.63, 3.8) is 0 Å². The minimum Gasteiger partial charge on any atom is -0.483 e. The van der Waals surface area contributed by atoms with Crippen LogP contribution >= 0.6 is 23.1 Å². The number of ether oxygens (including phenoxy) is 1. The zero-order valence-corrected chi connectivity index (χ0v) is 17.5.